The van der Waals surface area contributed by atoms with Crippen LogP contribution in [0.4, 0.5) is 0 Å². The van der Waals surface area contributed by atoms with Crippen molar-refractivity contribution in [2.24, 2.45) is 5.10 Å². The van der Waals surface area contributed by atoms with Gasteiger partial charge in [0.25, 0.3) is 5.91 Å². The van der Waals surface area contributed by atoms with Crippen LogP contribution < -0.4 is 10.2 Å². The number of amides is 1. The average molecular weight is 554 g/mol. The number of hydrogen-bond donors (Lipinski definition) is 2. The molecule has 0 aliphatic rings. The second-order valence-electron chi connectivity index (χ2n) is 4.36. The molecule has 2 N–H and O–H groups in total. The Morgan fingerprint density at radius 1 is 1.30 bits per heavy atom. The van der Waals surface area contributed by atoms with Gasteiger partial charge in [0.2, 0.25) is 0 Å². The average Bonchev–Trinajstić information content (AvgIpc) is 2.50. The normalized spacial score (nSPS) is 10.7. The molecule has 0 fully saturated rings. The van der Waals surface area contributed by atoms with E-state index in [1.807, 2.05) is 34.7 Å². The standard InChI is InChI=1S/C15H11Br2IN2O3/c16-10-2-1-3-12(5-10)23-8-14(21)20-19-7-9-4-11(17)6-13(18)15(9)22/h1-7,22H,8H2,(H,20,21)/b19-7+. The SMILES string of the molecule is O=C(COc1cccc(Br)c1)N/N=C/c1cc(Br)cc(I)c1O. The zero-order valence-electron chi connectivity index (χ0n) is 11.6. The Labute approximate surface area is 163 Å². The third-order valence-corrected chi connectivity index (χ3v) is 4.39. The summed E-state index contributed by atoms with van der Waals surface area (Å²) in [4.78, 5) is 11.7. The van der Waals surface area contributed by atoms with Crippen molar-refractivity contribution in [1.29, 1.82) is 0 Å². The monoisotopic (exact) mass is 552 g/mol. The van der Waals surface area contributed by atoms with Gasteiger partial charge >= 0.3 is 0 Å². The van der Waals surface area contributed by atoms with Crippen molar-refractivity contribution < 1.29 is 14.6 Å². The molecule has 5 nitrogen and oxygen atoms in total. The second kappa shape index (κ2) is 8.65. The number of benzene rings is 2. The summed E-state index contributed by atoms with van der Waals surface area (Å²) < 4.78 is 7.70. The predicted molar refractivity (Wildman–Crippen MR) is 104 cm³/mol. The van der Waals surface area contributed by atoms with Gasteiger partial charge in [-0.25, -0.2) is 5.43 Å². The van der Waals surface area contributed by atoms with E-state index in [-0.39, 0.29) is 12.4 Å². The Balaban J connectivity index is 1.89. The molecular formula is C15H11Br2IN2O3. The minimum absolute atomic E-state index is 0.109. The number of rotatable bonds is 5. The maximum Gasteiger partial charge on any atom is 0.277 e. The third-order valence-electron chi connectivity index (χ3n) is 2.62. The summed E-state index contributed by atoms with van der Waals surface area (Å²) in [5.74, 6) is 0.292. The largest absolute Gasteiger partial charge is 0.506 e. The molecule has 1 amide bonds. The van der Waals surface area contributed by atoms with Gasteiger partial charge < -0.3 is 9.84 Å². The molecular weight excluding hydrogens is 543 g/mol. The van der Waals surface area contributed by atoms with Gasteiger partial charge in [0.1, 0.15) is 11.5 Å². The molecule has 0 unspecified atom stereocenters. The predicted octanol–water partition coefficient (Wildman–Crippen LogP) is 4.05. The topological polar surface area (TPSA) is 70.9 Å². The Bertz CT molecular complexity index is 753. The van der Waals surface area contributed by atoms with Crippen LogP contribution in [0.25, 0.3) is 0 Å². The first-order valence-corrected chi connectivity index (χ1v) is 9.00. The van der Waals surface area contributed by atoms with Gasteiger partial charge in [-0.2, -0.15) is 5.10 Å². The van der Waals surface area contributed by atoms with Crippen molar-refractivity contribution in [2.75, 3.05) is 6.61 Å². The van der Waals surface area contributed by atoms with E-state index < -0.39 is 5.91 Å². The van der Waals surface area contributed by atoms with Gasteiger partial charge in [0.15, 0.2) is 6.61 Å². The zero-order valence-corrected chi connectivity index (χ0v) is 16.9. The van der Waals surface area contributed by atoms with E-state index in [0.29, 0.717) is 14.9 Å². The molecule has 0 saturated carbocycles. The summed E-state index contributed by atoms with van der Waals surface area (Å²) in [6.45, 7) is -0.157. The summed E-state index contributed by atoms with van der Waals surface area (Å²) in [6, 6.07) is 10.7. The number of nitrogens with one attached hydrogen (secondary N) is 1. The Kier molecular flexibility index (Phi) is 6.85. The van der Waals surface area contributed by atoms with Crippen LogP contribution in [0.1, 0.15) is 5.56 Å². The summed E-state index contributed by atoms with van der Waals surface area (Å²) >= 11 is 8.67. The van der Waals surface area contributed by atoms with E-state index in [2.05, 4.69) is 42.4 Å². The number of nitrogens with zero attached hydrogens (tertiary/aromatic N) is 1. The van der Waals surface area contributed by atoms with Gasteiger partial charge in [-0.05, 0) is 52.9 Å². The summed E-state index contributed by atoms with van der Waals surface area (Å²) in [6.07, 6.45) is 1.37. The van der Waals surface area contributed by atoms with Crippen LogP contribution in [0, 0.1) is 3.57 Å². The van der Waals surface area contributed by atoms with Crippen LogP contribution in [0.2, 0.25) is 0 Å². The van der Waals surface area contributed by atoms with E-state index in [9.17, 15) is 9.90 Å². The molecule has 0 spiro atoms. The van der Waals surface area contributed by atoms with Crippen molar-refractivity contribution in [2.45, 2.75) is 0 Å². The fraction of sp³-hybridized carbons (Fsp3) is 0.0667. The van der Waals surface area contributed by atoms with E-state index in [1.165, 1.54) is 6.21 Å². The van der Waals surface area contributed by atoms with Crippen LogP contribution in [-0.2, 0) is 4.79 Å². The molecule has 0 aromatic heterocycles. The number of hydrogen-bond acceptors (Lipinski definition) is 4. The fourth-order valence-corrected chi connectivity index (χ4v) is 3.52. The van der Waals surface area contributed by atoms with Crippen LogP contribution in [0.5, 0.6) is 11.5 Å². The van der Waals surface area contributed by atoms with Gasteiger partial charge in [-0.1, -0.05) is 37.9 Å². The van der Waals surface area contributed by atoms with E-state index >= 15 is 0 Å². The van der Waals surface area contributed by atoms with Crippen molar-refractivity contribution in [1.82, 2.24) is 5.43 Å². The Hall–Kier alpha value is -1.13. The minimum atomic E-state index is -0.398. The Morgan fingerprint density at radius 3 is 2.83 bits per heavy atom. The summed E-state index contributed by atoms with van der Waals surface area (Å²) in [5, 5.41) is 13.7. The molecule has 8 heteroatoms. The molecule has 0 aliphatic heterocycles. The molecule has 120 valence electrons. The van der Waals surface area contributed by atoms with Gasteiger partial charge in [-0.3, -0.25) is 4.79 Å². The fourth-order valence-electron chi connectivity index (χ4n) is 1.60. The molecule has 0 saturated heterocycles. The molecule has 2 aromatic rings. The lowest BCUT2D eigenvalue weighted by molar-refractivity contribution is -0.123. The third kappa shape index (κ3) is 5.78. The molecule has 2 aromatic carbocycles. The maximum absolute atomic E-state index is 11.7. The first-order valence-electron chi connectivity index (χ1n) is 6.34. The van der Waals surface area contributed by atoms with Crippen molar-refractivity contribution in [3.8, 4) is 11.5 Å². The quantitative estimate of drug-likeness (QED) is 0.333. The van der Waals surface area contributed by atoms with Crippen LogP contribution >= 0.6 is 54.5 Å². The second-order valence-corrected chi connectivity index (χ2v) is 7.36. The first kappa shape index (κ1) is 18.2. The number of phenols is 1. The highest BCUT2D eigenvalue weighted by Crippen LogP contribution is 2.27. The van der Waals surface area contributed by atoms with Crippen LogP contribution in [-0.4, -0.2) is 23.8 Å². The summed E-state index contributed by atoms with van der Waals surface area (Å²) in [7, 11) is 0. The van der Waals surface area contributed by atoms with E-state index in [1.54, 1.807) is 24.3 Å². The highest BCUT2D eigenvalue weighted by Gasteiger charge is 2.06. The number of halogens is 3. The van der Waals surface area contributed by atoms with Crippen molar-refractivity contribution >= 4 is 66.6 Å². The van der Waals surface area contributed by atoms with Gasteiger partial charge in [0.05, 0.1) is 9.78 Å². The van der Waals surface area contributed by atoms with E-state index in [0.717, 1.165) is 8.95 Å². The van der Waals surface area contributed by atoms with Crippen molar-refractivity contribution in [3.05, 3.63) is 54.5 Å². The van der Waals surface area contributed by atoms with Gasteiger partial charge in [0, 0.05) is 14.5 Å². The number of carbonyl (C=O) groups is 1. The molecule has 0 aliphatic carbocycles. The smallest absolute Gasteiger partial charge is 0.277 e. The van der Waals surface area contributed by atoms with Crippen LogP contribution in [0.3, 0.4) is 0 Å². The lowest BCUT2D eigenvalue weighted by Crippen LogP contribution is -2.24. The first-order chi connectivity index (χ1) is 11.0. The van der Waals surface area contributed by atoms with Crippen molar-refractivity contribution in [3.63, 3.8) is 0 Å². The number of ether oxygens (including phenoxy) is 1. The summed E-state index contributed by atoms with van der Waals surface area (Å²) in [5.41, 5.74) is 2.84. The number of hydrazone groups is 1. The maximum atomic E-state index is 11.7. The molecule has 23 heavy (non-hydrogen) atoms. The molecule has 2 rings (SSSR count). The Morgan fingerprint density at radius 2 is 2.09 bits per heavy atom. The van der Waals surface area contributed by atoms with Gasteiger partial charge in [-0.15, -0.1) is 0 Å². The number of phenolic OH excluding ortho intramolecular Hbond substituents is 1. The molecule has 0 atom stereocenters. The van der Waals surface area contributed by atoms with Crippen LogP contribution in [0.15, 0.2) is 50.4 Å². The molecule has 0 radical (unpaired) electrons. The lowest BCUT2D eigenvalue weighted by atomic mass is 10.2. The zero-order chi connectivity index (χ0) is 16.8. The minimum Gasteiger partial charge on any atom is -0.506 e. The molecule has 0 heterocycles. The number of carbonyl (C=O) groups excluding carboxylic acids is 1. The highest BCUT2D eigenvalue weighted by atomic mass is 127. The lowest BCUT2D eigenvalue weighted by Gasteiger charge is -2.05. The number of aromatic hydroxyl groups is 1. The van der Waals surface area contributed by atoms with E-state index in [4.69, 9.17) is 4.74 Å². The molecule has 0 bridgehead atoms. The highest BCUT2D eigenvalue weighted by molar-refractivity contribution is 14.1.